The summed E-state index contributed by atoms with van der Waals surface area (Å²) in [5.41, 5.74) is 1.57. The SMILES string of the molecule is CO/C=C1/C(=O)CN(c2cc(C)ccc2Cl)C1=O. The molecule has 1 saturated heterocycles. The molecule has 1 fully saturated rings. The van der Waals surface area contributed by atoms with Crippen LogP contribution in [0.2, 0.25) is 5.02 Å². The van der Waals surface area contributed by atoms with Gasteiger partial charge >= 0.3 is 0 Å². The van der Waals surface area contributed by atoms with E-state index in [2.05, 4.69) is 0 Å². The van der Waals surface area contributed by atoms with Gasteiger partial charge in [-0.05, 0) is 24.6 Å². The highest BCUT2D eigenvalue weighted by Crippen LogP contribution is 2.30. The number of ether oxygens (including phenoxy) is 1. The van der Waals surface area contributed by atoms with Crippen LogP contribution >= 0.6 is 11.6 Å². The maximum absolute atomic E-state index is 12.1. The molecule has 4 nitrogen and oxygen atoms in total. The third kappa shape index (κ3) is 2.11. The number of anilines is 1. The number of aryl methyl sites for hydroxylation is 1. The summed E-state index contributed by atoms with van der Waals surface area (Å²) in [5.74, 6) is -0.645. The second-order valence-corrected chi connectivity index (χ2v) is 4.44. The van der Waals surface area contributed by atoms with Gasteiger partial charge in [-0.25, -0.2) is 0 Å². The molecule has 5 heteroatoms. The predicted octanol–water partition coefficient (Wildman–Crippen LogP) is 2.09. The fourth-order valence-corrected chi connectivity index (χ4v) is 2.04. The largest absolute Gasteiger partial charge is 0.503 e. The number of nitrogens with zero attached hydrogens (tertiary/aromatic N) is 1. The zero-order chi connectivity index (χ0) is 13.3. The van der Waals surface area contributed by atoms with E-state index < -0.39 is 0 Å². The van der Waals surface area contributed by atoms with Gasteiger partial charge in [-0.3, -0.25) is 14.5 Å². The van der Waals surface area contributed by atoms with Gasteiger partial charge in [-0.1, -0.05) is 17.7 Å². The first kappa shape index (κ1) is 12.6. The number of benzene rings is 1. The Morgan fingerprint density at radius 2 is 2.11 bits per heavy atom. The molecule has 0 saturated carbocycles. The Morgan fingerprint density at radius 1 is 1.39 bits per heavy atom. The molecular weight excluding hydrogens is 254 g/mol. The number of Topliss-reactive ketones (excluding diaryl/α,β-unsaturated/α-hetero) is 1. The van der Waals surface area contributed by atoms with E-state index in [1.165, 1.54) is 18.3 Å². The van der Waals surface area contributed by atoms with E-state index in [4.69, 9.17) is 16.3 Å². The highest BCUT2D eigenvalue weighted by Gasteiger charge is 2.35. The molecule has 1 aromatic rings. The van der Waals surface area contributed by atoms with Crippen molar-refractivity contribution in [1.82, 2.24) is 0 Å². The number of ketones is 1. The molecular formula is C13H12ClNO3. The zero-order valence-corrected chi connectivity index (χ0v) is 10.8. The van der Waals surface area contributed by atoms with Crippen molar-refractivity contribution in [2.45, 2.75) is 6.92 Å². The standard InChI is InChI=1S/C13H12ClNO3/c1-8-3-4-10(14)11(5-8)15-6-12(16)9(7-18-2)13(15)17/h3-5,7H,6H2,1-2H3/b9-7-. The van der Waals surface area contributed by atoms with Crippen LogP contribution in [0.15, 0.2) is 30.0 Å². The fourth-order valence-electron chi connectivity index (χ4n) is 1.82. The van der Waals surface area contributed by atoms with Crippen LogP contribution in [0.5, 0.6) is 0 Å². The summed E-state index contributed by atoms with van der Waals surface area (Å²) in [5, 5.41) is 0.445. The Labute approximate surface area is 110 Å². The van der Waals surface area contributed by atoms with Crippen molar-refractivity contribution in [2.24, 2.45) is 0 Å². The van der Waals surface area contributed by atoms with Crippen molar-refractivity contribution in [3.8, 4) is 0 Å². The maximum atomic E-state index is 12.1. The van der Waals surface area contributed by atoms with Crippen LogP contribution in [-0.2, 0) is 14.3 Å². The van der Waals surface area contributed by atoms with Gasteiger partial charge in [0.2, 0.25) is 0 Å². The van der Waals surface area contributed by atoms with E-state index >= 15 is 0 Å². The lowest BCUT2D eigenvalue weighted by atomic mass is 10.2. The van der Waals surface area contributed by atoms with Crippen LogP contribution in [0.25, 0.3) is 0 Å². The van der Waals surface area contributed by atoms with Crippen LogP contribution in [0.1, 0.15) is 5.56 Å². The minimum Gasteiger partial charge on any atom is -0.503 e. The number of carbonyl (C=O) groups is 2. The second kappa shape index (κ2) is 4.82. The molecule has 0 N–H and O–H groups in total. The summed E-state index contributed by atoms with van der Waals surface area (Å²) in [6.45, 7) is 1.89. The van der Waals surface area contributed by atoms with Gasteiger partial charge in [0.15, 0.2) is 5.78 Å². The number of methoxy groups -OCH3 is 1. The first-order valence-corrected chi connectivity index (χ1v) is 5.76. The number of carbonyl (C=O) groups excluding carboxylic acids is 2. The van der Waals surface area contributed by atoms with Crippen LogP contribution in [0, 0.1) is 6.92 Å². The third-order valence-corrected chi connectivity index (χ3v) is 3.03. The molecule has 0 atom stereocenters. The highest BCUT2D eigenvalue weighted by molar-refractivity contribution is 6.37. The molecule has 1 aliphatic heterocycles. The van der Waals surface area contributed by atoms with Crippen LogP contribution < -0.4 is 4.90 Å². The Kier molecular flexibility index (Phi) is 3.39. The Balaban J connectivity index is 2.42. The van der Waals surface area contributed by atoms with Gasteiger partial charge in [0.25, 0.3) is 5.91 Å². The molecule has 94 valence electrons. The third-order valence-electron chi connectivity index (χ3n) is 2.71. The normalized spacial score (nSPS) is 17.7. The number of rotatable bonds is 2. The van der Waals surface area contributed by atoms with E-state index in [1.807, 2.05) is 13.0 Å². The molecule has 0 radical (unpaired) electrons. The van der Waals surface area contributed by atoms with Crippen LogP contribution in [-0.4, -0.2) is 25.3 Å². The molecule has 0 bridgehead atoms. The van der Waals surface area contributed by atoms with E-state index in [0.29, 0.717) is 10.7 Å². The van der Waals surface area contributed by atoms with Gasteiger partial charge in [-0.2, -0.15) is 0 Å². The van der Waals surface area contributed by atoms with Gasteiger partial charge in [-0.15, -0.1) is 0 Å². The van der Waals surface area contributed by atoms with E-state index in [9.17, 15) is 9.59 Å². The summed E-state index contributed by atoms with van der Waals surface area (Å²) >= 11 is 6.06. The quantitative estimate of drug-likeness (QED) is 0.467. The number of halogens is 1. The van der Waals surface area contributed by atoms with E-state index in [0.717, 1.165) is 5.56 Å². The Morgan fingerprint density at radius 3 is 2.78 bits per heavy atom. The molecule has 0 spiro atoms. The fraction of sp³-hybridized carbons (Fsp3) is 0.231. The number of hydrogen-bond acceptors (Lipinski definition) is 3. The van der Waals surface area contributed by atoms with Gasteiger partial charge < -0.3 is 4.74 Å². The molecule has 1 aliphatic rings. The minimum absolute atomic E-state index is 0.00278. The number of amides is 1. The first-order chi connectivity index (χ1) is 8.54. The minimum atomic E-state index is -0.380. The van der Waals surface area contributed by atoms with Gasteiger partial charge in [0.05, 0.1) is 30.6 Å². The van der Waals surface area contributed by atoms with Gasteiger partial charge in [0.1, 0.15) is 5.57 Å². The summed E-state index contributed by atoms with van der Waals surface area (Å²) in [6.07, 6.45) is 1.17. The van der Waals surface area contributed by atoms with Crippen molar-refractivity contribution < 1.29 is 14.3 Å². The lowest BCUT2D eigenvalue weighted by molar-refractivity contribution is -0.116. The maximum Gasteiger partial charge on any atom is 0.265 e. The van der Waals surface area contributed by atoms with Crippen LogP contribution in [0.4, 0.5) is 5.69 Å². The molecule has 1 amide bonds. The first-order valence-electron chi connectivity index (χ1n) is 5.38. The van der Waals surface area contributed by atoms with E-state index in [1.54, 1.807) is 12.1 Å². The summed E-state index contributed by atoms with van der Waals surface area (Å²) in [7, 11) is 1.40. The van der Waals surface area contributed by atoms with Crippen molar-refractivity contribution >= 4 is 29.0 Å². The average Bonchev–Trinajstić information content (AvgIpc) is 2.61. The predicted molar refractivity (Wildman–Crippen MR) is 68.6 cm³/mol. The highest BCUT2D eigenvalue weighted by atomic mass is 35.5. The molecule has 0 aromatic heterocycles. The Bertz CT molecular complexity index is 551. The number of hydrogen-bond donors (Lipinski definition) is 0. The topological polar surface area (TPSA) is 46.6 Å². The summed E-state index contributed by atoms with van der Waals surface area (Å²) < 4.78 is 4.74. The van der Waals surface area contributed by atoms with E-state index in [-0.39, 0.29) is 23.8 Å². The second-order valence-electron chi connectivity index (χ2n) is 4.04. The van der Waals surface area contributed by atoms with Crippen molar-refractivity contribution in [3.63, 3.8) is 0 Å². The monoisotopic (exact) mass is 265 g/mol. The van der Waals surface area contributed by atoms with Crippen molar-refractivity contribution in [3.05, 3.63) is 40.6 Å². The molecule has 1 heterocycles. The van der Waals surface area contributed by atoms with Crippen LogP contribution in [0.3, 0.4) is 0 Å². The molecule has 2 rings (SSSR count). The van der Waals surface area contributed by atoms with Crippen molar-refractivity contribution in [2.75, 3.05) is 18.6 Å². The molecule has 0 unspecified atom stereocenters. The average molecular weight is 266 g/mol. The molecule has 1 aromatic carbocycles. The Hall–Kier alpha value is -1.81. The lowest BCUT2D eigenvalue weighted by Gasteiger charge is -2.16. The molecule has 0 aliphatic carbocycles. The summed E-state index contributed by atoms with van der Waals surface area (Å²) in [4.78, 5) is 25.1. The summed E-state index contributed by atoms with van der Waals surface area (Å²) in [6, 6.07) is 5.34. The lowest BCUT2D eigenvalue weighted by Crippen LogP contribution is -2.25. The van der Waals surface area contributed by atoms with Gasteiger partial charge in [0, 0.05) is 0 Å². The zero-order valence-electron chi connectivity index (χ0n) is 10.1. The molecule has 18 heavy (non-hydrogen) atoms. The van der Waals surface area contributed by atoms with Crippen molar-refractivity contribution in [1.29, 1.82) is 0 Å². The smallest absolute Gasteiger partial charge is 0.265 e.